The SMILES string of the molecule is CCN(C(=O)[C@@H](C)S(=O)(=O)Cc1ccc(C)cc1)c1ccccc1. The predicted molar refractivity (Wildman–Crippen MR) is 97.7 cm³/mol. The number of rotatable bonds is 6. The predicted octanol–water partition coefficient (Wildman–Crippen LogP) is 3.35. The molecule has 1 amide bonds. The molecule has 24 heavy (non-hydrogen) atoms. The van der Waals surface area contributed by atoms with Gasteiger partial charge in [-0.2, -0.15) is 0 Å². The van der Waals surface area contributed by atoms with Gasteiger partial charge >= 0.3 is 0 Å². The first-order valence-electron chi connectivity index (χ1n) is 7.98. The third kappa shape index (κ3) is 4.23. The Balaban J connectivity index is 2.20. The molecule has 0 saturated heterocycles. The number of para-hydroxylation sites is 1. The van der Waals surface area contributed by atoms with Crippen molar-refractivity contribution in [2.75, 3.05) is 11.4 Å². The molecule has 2 rings (SSSR count). The van der Waals surface area contributed by atoms with Gasteiger partial charge in [0.1, 0.15) is 5.25 Å². The van der Waals surface area contributed by atoms with Gasteiger partial charge in [-0.1, -0.05) is 48.0 Å². The zero-order valence-electron chi connectivity index (χ0n) is 14.3. The number of hydrogen-bond acceptors (Lipinski definition) is 3. The Bertz CT molecular complexity index is 783. The average molecular weight is 345 g/mol. The molecule has 2 aromatic rings. The number of sulfone groups is 1. The molecule has 1 atom stereocenters. The number of hydrogen-bond donors (Lipinski definition) is 0. The number of amides is 1. The Morgan fingerprint density at radius 2 is 1.62 bits per heavy atom. The summed E-state index contributed by atoms with van der Waals surface area (Å²) in [6.45, 7) is 5.68. The second-order valence-corrected chi connectivity index (χ2v) is 8.17. The monoisotopic (exact) mass is 345 g/mol. The lowest BCUT2D eigenvalue weighted by molar-refractivity contribution is -0.117. The van der Waals surface area contributed by atoms with Crippen LogP contribution < -0.4 is 4.90 Å². The Labute approximate surface area is 144 Å². The van der Waals surface area contributed by atoms with Crippen LogP contribution in [0.25, 0.3) is 0 Å². The summed E-state index contributed by atoms with van der Waals surface area (Å²) in [5.74, 6) is -0.525. The second-order valence-electron chi connectivity index (χ2n) is 5.85. The second kappa shape index (κ2) is 7.62. The summed E-state index contributed by atoms with van der Waals surface area (Å²) >= 11 is 0. The first-order chi connectivity index (χ1) is 11.3. The summed E-state index contributed by atoms with van der Waals surface area (Å²) in [6.07, 6.45) is 0. The molecule has 0 aliphatic carbocycles. The van der Waals surface area contributed by atoms with Crippen molar-refractivity contribution in [3.63, 3.8) is 0 Å². The fraction of sp³-hybridized carbons (Fsp3) is 0.316. The molecule has 128 valence electrons. The van der Waals surface area contributed by atoms with Crippen LogP contribution in [0.1, 0.15) is 25.0 Å². The lowest BCUT2D eigenvalue weighted by Crippen LogP contribution is -2.42. The molecule has 0 fully saturated rings. The Kier molecular flexibility index (Phi) is 5.78. The van der Waals surface area contributed by atoms with E-state index in [1.807, 2.05) is 44.2 Å². The van der Waals surface area contributed by atoms with Gasteiger partial charge in [0.15, 0.2) is 9.84 Å². The van der Waals surface area contributed by atoms with Crippen LogP contribution in [0.5, 0.6) is 0 Å². The highest BCUT2D eigenvalue weighted by atomic mass is 32.2. The first-order valence-corrected chi connectivity index (χ1v) is 9.70. The van der Waals surface area contributed by atoms with Crippen molar-refractivity contribution in [3.8, 4) is 0 Å². The van der Waals surface area contributed by atoms with Crippen LogP contribution in [0.3, 0.4) is 0 Å². The fourth-order valence-electron chi connectivity index (χ4n) is 2.49. The largest absolute Gasteiger partial charge is 0.312 e. The molecule has 0 aromatic heterocycles. The molecule has 2 aromatic carbocycles. The van der Waals surface area contributed by atoms with Gasteiger partial charge in [0.2, 0.25) is 5.91 Å². The normalized spacial score (nSPS) is 12.6. The molecular formula is C19H23NO3S. The molecule has 5 heteroatoms. The highest BCUT2D eigenvalue weighted by Crippen LogP contribution is 2.19. The number of anilines is 1. The summed E-state index contributed by atoms with van der Waals surface area (Å²) in [5, 5.41) is -1.08. The molecule has 0 spiro atoms. The van der Waals surface area contributed by atoms with Gasteiger partial charge in [-0.25, -0.2) is 8.42 Å². The van der Waals surface area contributed by atoms with E-state index in [1.54, 1.807) is 24.3 Å². The van der Waals surface area contributed by atoms with Gasteiger partial charge in [-0.05, 0) is 38.5 Å². The summed E-state index contributed by atoms with van der Waals surface area (Å²) in [6, 6.07) is 16.5. The molecule has 0 aliphatic heterocycles. The molecular weight excluding hydrogens is 322 g/mol. The molecule has 0 saturated carbocycles. The maximum atomic E-state index is 12.7. The van der Waals surface area contributed by atoms with Gasteiger partial charge in [-0.3, -0.25) is 4.79 Å². The third-order valence-corrected chi connectivity index (χ3v) is 6.04. The number of carbonyl (C=O) groups is 1. The standard InChI is InChI=1S/C19H23NO3S/c1-4-20(18-8-6-5-7-9-18)19(21)16(3)24(22,23)14-17-12-10-15(2)11-13-17/h5-13,16H,4,14H2,1-3H3/t16-/m1/s1. The van der Waals surface area contributed by atoms with Crippen LogP contribution in [0.15, 0.2) is 54.6 Å². The van der Waals surface area contributed by atoms with E-state index in [-0.39, 0.29) is 5.75 Å². The van der Waals surface area contributed by atoms with Crippen LogP contribution in [0, 0.1) is 6.92 Å². The zero-order valence-corrected chi connectivity index (χ0v) is 15.1. The molecule has 0 aliphatic rings. The maximum Gasteiger partial charge on any atom is 0.245 e. The van der Waals surface area contributed by atoms with Crippen LogP contribution in [-0.2, 0) is 20.4 Å². The van der Waals surface area contributed by atoms with Crippen molar-refractivity contribution in [1.29, 1.82) is 0 Å². The van der Waals surface area contributed by atoms with Crippen molar-refractivity contribution >= 4 is 21.4 Å². The van der Waals surface area contributed by atoms with E-state index >= 15 is 0 Å². The average Bonchev–Trinajstić information content (AvgIpc) is 2.57. The quantitative estimate of drug-likeness (QED) is 0.807. The van der Waals surface area contributed by atoms with Gasteiger partial charge < -0.3 is 4.90 Å². The zero-order chi connectivity index (χ0) is 17.7. The maximum absolute atomic E-state index is 12.7. The number of benzene rings is 2. The number of nitrogens with zero attached hydrogens (tertiary/aromatic N) is 1. The van der Waals surface area contributed by atoms with Crippen LogP contribution in [0.4, 0.5) is 5.69 Å². The number of carbonyl (C=O) groups excluding carboxylic acids is 1. The Morgan fingerprint density at radius 3 is 2.17 bits per heavy atom. The first kappa shape index (κ1) is 18.2. The van der Waals surface area contributed by atoms with E-state index in [0.29, 0.717) is 17.8 Å². The van der Waals surface area contributed by atoms with E-state index in [4.69, 9.17) is 0 Å². The van der Waals surface area contributed by atoms with Gasteiger partial charge in [0.05, 0.1) is 5.75 Å². The number of aryl methyl sites for hydroxylation is 1. The lowest BCUT2D eigenvalue weighted by atomic mass is 10.2. The topological polar surface area (TPSA) is 54.5 Å². The van der Waals surface area contributed by atoms with Gasteiger partial charge in [0, 0.05) is 12.2 Å². The third-order valence-electron chi connectivity index (χ3n) is 4.03. The van der Waals surface area contributed by atoms with Gasteiger partial charge in [-0.15, -0.1) is 0 Å². The van der Waals surface area contributed by atoms with Crippen molar-refractivity contribution in [2.24, 2.45) is 0 Å². The van der Waals surface area contributed by atoms with Crippen molar-refractivity contribution < 1.29 is 13.2 Å². The van der Waals surface area contributed by atoms with Crippen LogP contribution in [0.2, 0.25) is 0 Å². The van der Waals surface area contributed by atoms with Gasteiger partial charge in [0.25, 0.3) is 0 Å². The minimum absolute atomic E-state index is 0.132. The minimum Gasteiger partial charge on any atom is -0.312 e. The summed E-state index contributed by atoms with van der Waals surface area (Å²) in [4.78, 5) is 14.2. The summed E-state index contributed by atoms with van der Waals surface area (Å²) in [7, 11) is -3.58. The van der Waals surface area contributed by atoms with Crippen molar-refractivity contribution in [2.45, 2.75) is 31.8 Å². The van der Waals surface area contributed by atoms with E-state index in [9.17, 15) is 13.2 Å². The lowest BCUT2D eigenvalue weighted by Gasteiger charge is -2.24. The van der Waals surface area contributed by atoms with Crippen molar-refractivity contribution in [1.82, 2.24) is 0 Å². The highest BCUT2D eigenvalue weighted by Gasteiger charge is 2.31. The highest BCUT2D eigenvalue weighted by molar-refractivity contribution is 7.92. The van der Waals surface area contributed by atoms with E-state index in [1.165, 1.54) is 11.8 Å². The van der Waals surface area contributed by atoms with Crippen molar-refractivity contribution in [3.05, 3.63) is 65.7 Å². The molecule has 0 radical (unpaired) electrons. The summed E-state index contributed by atoms with van der Waals surface area (Å²) < 4.78 is 25.3. The minimum atomic E-state index is -3.58. The molecule has 4 nitrogen and oxygen atoms in total. The van der Waals surface area contributed by atoms with E-state index in [0.717, 1.165) is 5.56 Å². The molecule has 0 bridgehead atoms. The smallest absolute Gasteiger partial charge is 0.245 e. The Morgan fingerprint density at radius 1 is 1.04 bits per heavy atom. The molecule has 0 unspecified atom stereocenters. The van der Waals surface area contributed by atoms with E-state index in [2.05, 4.69) is 0 Å². The fourth-order valence-corrected chi connectivity index (χ4v) is 3.83. The van der Waals surface area contributed by atoms with Crippen LogP contribution >= 0.6 is 0 Å². The Hall–Kier alpha value is -2.14. The molecule has 0 N–H and O–H groups in total. The van der Waals surface area contributed by atoms with E-state index < -0.39 is 21.0 Å². The summed E-state index contributed by atoms with van der Waals surface area (Å²) in [5.41, 5.74) is 2.48. The van der Waals surface area contributed by atoms with Crippen LogP contribution in [-0.4, -0.2) is 26.1 Å². The molecule has 0 heterocycles.